The lowest BCUT2D eigenvalue weighted by Crippen LogP contribution is -2.36. The van der Waals surface area contributed by atoms with Gasteiger partial charge < -0.3 is 19.9 Å². The summed E-state index contributed by atoms with van der Waals surface area (Å²) in [7, 11) is 1.96. The fourth-order valence-electron chi connectivity index (χ4n) is 3.73. The largest absolute Gasteiger partial charge is 0.485 e. The molecule has 7 nitrogen and oxygen atoms in total. The van der Waals surface area contributed by atoms with Crippen molar-refractivity contribution in [2.24, 2.45) is 12.8 Å². The molecule has 0 spiro atoms. The van der Waals surface area contributed by atoms with Crippen LogP contribution < -0.4 is 10.5 Å². The van der Waals surface area contributed by atoms with Crippen molar-refractivity contribution in [1.29, 1.82) is 0 Å². The molecule has 7 heteroatoms. The van der Waals surface area contributed by atoms with Crippen LogP contribution in [0.25, 0.3) is 0 Å². The number of aromatic nitrogens is 3. The highest BCUT2D eigenvalue weighted by atomic mass is 16.5. The van der Waals surface area contributed by atoms with E-state index in [-0.39, 0.29) is 18.6 Å². The third-order valence-corrected chi connectivity index (χ3v) is 5.41. The summed E-state index contributed by atoms with van der Waals surface area (Å²) in [6.07, 6.45) is 4.06. The molecule has 0 unspecified atom stereocenters. The van der Waals surface area contributed by atoms with Crippen LogP contribution in [0.15, 0.2) is 24.3 Å². The van der Waals surface area contributed by atoms with Gasteiger partial charge in [0.25, 0.3) is 5.91 Å². The predicted molar refractivity (Wildman–Crippen MR) is 96.9 cm³/mol. The van der Waals surface area contributed by atoms with Crippen molar-refractivity contribution in [3.05, 3.63) is 41.5 Å². The molecule has 0 radical (unpaired) electrons. The van der Waals surface area contributed by atoms with Crippen molar-refractivity contribution in [3.8, 4) is 5.75 Å². The molecule has 2 fully saturated rings. The second-order valence-electron chi connectivity index (χ2n) is 7.25. The van der Waals surface area contributed by atoms with Gasteiger partial charge in [-0.05, 0) is 37.8 Å². The highest BCUT2D eigenvalue weighted by Crippen LogP contribution is 2.34. The molecule has 1 aromatic heterocycles. The van der Waals surface area contributed by atoms with Crippen LogP contribution in [-0.2, 0) is 13.7 Å². The highest BCUT2D eigenvalue weighted by Gasteiger charge is 2.31. The van der Waals surface area contributed by atoms with Gasteiger partial charge in [-0.25, -0.2) is 0 Å². The van der Waals surface area contributed by atoms with Gasteiger partial charge in [-0.1, -0.05) is 12.1 Å². The van der Waals surface area contributed by atoms with Crippen LogP contribution in [0.4, 0.5) is 0 Å². The molecule has 26 heavy (non-hydrogen) atoms. The molecule has 2 N–H and O–H groups in total. The summed E-state index contributed by atoms with van der Waals surface area (Å²) in [6.45, 7) is 1.93. The predicted octanol–water partition coefficient (Wildman–Crippen LogP) is 1.83. The molecule has 1 aliphatic heterocycles. The molecule has 1 saturated carbocycles. The van der Waals surface area contributed by atoms with E-state index in [4.69, 9.17) is 10.5 Å². The number of hydrogen-bond acceptors (Lipinski definition) is 5. The Morgan fingerprint density at radius 3 is 2.69 bits per heavy atom. The second-order valence-corrected chi connectivity index (χ2v) is 7.25. The number of nitrogens with zero attached hydrogens (tertiary/aromatic N) is 4. The summed E-state index contributed by atoms with van der Waals surface area (Å²) in [4.78, 5) is 14.6. The average molecular weight is 355 g/mol. The standard InChI is InChI=1S/C19H25N5O2/c1-23-17(21-22-18(23)13-10-14(20)11-13)12-26-16-7-3-2-6-15(16)19(25)24-8-4-5-9-24/h2-3,6-7,13-14H,4-5,8-12,20H2,1H3. The molecule has 138 valence electrons. The molecular formula is C19H25N5O2. The highest BCUT2D eigenvalue weighted by molar-refractivity contribution is 5.97. The average Bonchev–Trinajstić information content (AvgIpc) is 3.27. The summed E-state index contributed by atoms with van der Waals surface area (Å²) in [5.41, 5.74) is 6.49. The van der Waals surface area contributed by atoms with E-state index >= 15 is 0 Å². The molecule has 2 heterocycles. The van der Waals surface area contributed by atoms with Gasteiger partial charge in [0.2, 0.25) is 0 Å². The van der Waals surface area contributed by atoms with E-state index in [1.807, 2.05) is 40.8 Å². The molecule has 2 aliphatic rings. The number of rotatable bonds is 5. The fourth-order valence-corrected chi connectivity index (χ4v) is 3.73. The zero-order valence-corrected chi connectivity index (χ0v) is 15.1. The molecule has 1 saturated heterocycles. The number of hydrogen-bond donors (Lipinski definition) is 1. The van der Waals surface area contributed by atoms with Crippen LogP contribution in [0.1, 0.15) is 53.6 Å². The van der Waals surface area contributed by atoms with Crippen LogP contribution in [-0.4, -0.2) is 44.7 Å². The Bertz CT molecular complexity index is 791. The first kappa shape index (κ1) is 17.0. The van der Waals surface area contributed by atoms with Crippen molar-refractivity contribution in [2.45, 2.75) is 44.2 Å². The second kappa shape index (κ2) is 7.07. The maximum Gasteiger partial charge on any atom is 0.257 e. The summed E-state index contributed by atoms with van der Waals surface area (Å²) in [5.74, 6) is 2.75. The Morgan fingerprint density at radius 2 is 1.96 bits per heavy atom. The number of para-hydroxylation sites is 1. The third kappa shape index (κ3) is 3.19. The maximum absolute atomic E-state index is 12.7. The smallest absolute Gasteiger partial charge is 0.257 e. The van der Waals surface area contributed by atoms with Crippen LogP contribution in [0, 0.1) is 0 Å². The maximum atomic E-state index is 12.7. The van der Waals surface area contributed by atoms with Gasteiger partial charge in [0.15, 0.2) is 5.82 Å². The summed E-state index contributed by atoms with van der Waals surface area (Å²) >= 11 is 0. The lowest BCUT2D eigenvalue weighted by atomic mass is 9.80. The Morgan fingerprint density at radius 1 is 1.23 bits per heavy atom. The first-order valence-electron chi connectivity index (χ1n) is 9.28. The summed E-state index contributed by atoms with van der Waals surface area (Å²) < 4.78 is 7.94. The van der Waals surface area contributed by atoms with Crippen molar-refractivity contribution in [2.75, 3.05) is 13.1 Å². The minimum atomic E-state index is 0.0419. The van der Waals surface area contributed by atoms with Crippen molar-refractivity contribution in [1.82, 2.24) is 19.7 Å². The minimum Gasteiger partial charge on any atom is -0.485 e. The Balaban J connectivity index is 1.46. The number of benzene rings is 1. The fraction of sp³-hybridized carbons (Fsp3) is 0.526. The van der Waals surface area contributed by atoms with Crippen LogP contribution in [0.2, 0.25) is 0 Å². The van der Waals surface area contributed by atoms with E-state index < -0.39 is 0 Å². The molecular weight excluding hydrogens is 330 g/mol. The molecule has 2 aromatic rings. The third-order valence-electron chi connectivity index (χ3n) is 5.41. The van der Waals surface area contributed by atoms with Crippen LogP contribution >= 0.6 is 0 Å². The van der Waals surface area contributed by atoms with Gasteiger partial charge in [0, 0.05) is 32.1 Å². The number of carbonyl (C=O) groups is 1. The number of ether oxygens (including phenoxy) is 1. The Hall–Kier alpha value is -2.41. The van der Waals surface area contributed by atoms with Gasteiger partial charge in [-0.3, -0.25) is 4.79 Å². The first-order valence-corrected chi connectivity index (χ1v) is 9.28. The van der Waals surface area contributed by atoms with Crippen molar-refractivity contribution >= 4 is 5.91 Å². The monoisotopic (exact) mass is 355 g/mol. The summed E-state index contributed by atoms with van der Waals surface area (Å²) in [6, 6.07) is 7.70. The van der Waals surface area contributed by atoms with Gasteiger partial charge >= 0.3 is 0 Å². The van der Waals surface area contributed by atoms with Gasteiger partial charge in [-0.15, -0.1) is 10.2 Å². The van der Waals surface area contributed by atoms with E-state index in [9.17, 15) is 4.79 Å². The normalized spacial score (nSPS) is 22.3. The Labute approximate surface area is 153 Å². The molecule has 1 amide bonds. The Kier molecular flexibility index (Phi) is 4.63. The van der Waals surface area contributed by atoms with Gasteiger partial charge in [0.1, 0.15) is 18.2 Å². The van der Waals surface area contributed by atoms with Crippen molar-refractivity contribution < 1.29 is 9.53 Å². The number of likely N-dealkylation sites (tertiary alicyclic amines) is 1. The molecule has 1 aromatic carbocycles. The quantitative estimate of drug-likeness (QED) is 0.884. The topological polar surface area (TPSA) is 86.3 Å². The molecule has 4 rings (SSSR count). The number of carbonyl (C=O) groups excluding carboxylic acids is 1. The SMILES string of the molecule is Cn1c(COc2ccccc2C(=O)N2CCCC2)nnc1C1CC(N)C1. The molecule has 1 aliphatic carbocycles. The van der Waals surface area contributed by atoms with E-state index in [0.717, 1.165) is 50.4 Å². The van der Waals surface area contributed by atoms with Crippen molar-refractivity contribution in [3.63, 3.8) is 0 Å². The lowest BCUT2D eigenvalue weighted by molar-refractivity contribution is 0.0787. The number of amides is 1. The van der Waals surface area contributed by atoms with Gasteiger partial charge in [-0.2, -0.15) is 0 Å². The van der Waals surface area contributed by atoms with Crippen LogP contribution in [0.5, 0.6) is 5.75 Å². The van der Waals surface area contributed by atoms with E-state index in [2.05, 4.69) is 10.2 Å². The van der Waals surface area contributed by atoms with E-state index in [1.165, 1.54) is 0 Å². The van der Waals surface area contributed by atoms with Gasteiger partial charge in [0.05, 0.1) is 5.56 Å². The lowest BCUT2D eigenvalue weighted by Gasteiger charge is -2.31. The van der Waals surface area contributed by atoms with E-state index in [0.29, 0.717) is 17.2 Å². The summed E-state index contributed by atoms with van der Waals surface area (Å²) in [5, 5.41) is 8.57. The number of nitrogens with two attached hydrogens (primary N) is 1. The van der Waals surface area contributed by atoms with E-state index in [1.54, 1.807) is 0 Å². The minimum absolute atomic E-state index is 0.0419. The zero-order chi connectivity index (χ0) is 18.1. The molecule has 0 bridgehead atoms. The first-order chi connectivity index (χ1) is 12.6. The zero-order valence-electron chi connectivity index (χ0n) is 15.1. The van der Waals surface area contributed by atoms with Crippen LogP contribution in [0.3, 0.4) is 0 Å². The molecule has 0 atom stereocenters.